The average molecular weight is 368 g/mol. The molecule has 0 unspecified atom stereocenters. The maximum Gasteiger partial charge on any atom is 0.264 e. The van der Waals surface area contributed by atoms with Crippen LogP contribution in [0.1, 0.15) is 18.1 Å². The molecule has 0 aliphatic heterocycles. The molecule has 0 saturated carbocycles. The second kappa shape index (κ2) is 6.20. The summed E-state index contributed by atoms with van der Waals surface area (Å²) in [6, 6.07) is 12.6. The SMILES string of the molecule is CCN(c1ccccc1C)S(=O)(=O)c1ccc(Br)c(C)c1. The van der Waals surface area contributed by atoms with Crippen LogP contribution in [-0.4, -0.2) is 15.0 Å². The zero-order valence-corrected chi connectivity index (χ0v) is 14.7. The van der Waals surface area contributed by atoms with Crippen molar-refractivity contribution in [3.63, 3.8) is 0 Å². The Morgan fingerprint density at radius 2 is 1.71 bits per heavy atom. The van der Waals surface area contributed by atoms with Crippen molar-refractivity contribution in [1.29, 1.82) is 0 Å². The zero-order chi connectivity index (χ0) is 15.6. The largest absolute Gasteiger partial charge is 0.266 e. The van der Waals surface area contributed by atoms with E-state index < -0.39 is 10.0 Å². The van der Waals surface area contributed by atoms with Gasteiger partial charge in [0.15, 0.2) is 0 Å². The normalized spacial score (nSPS) is 11.4. The lowest BCUT2D eigenvalue weighted by Crippen LogP contribution is -2.31. The van der Waals surface area contributed by atoms with E-state index in [1.807, 2.05) is 45.0 Å². The van der Waals surface area contributed by atoms with Gasteiger partial charge in [-0.3, -0.25) is 4.31 Å². The molecule has 0 atom stereocenters. The number of halogens is 1. The van der Waals surface area contributed by atoms with Gasteiger partial charge in [-0.2, -0.15) is 0 Å². The van der Waals surface area contributed by atoms with Crippen LogP contribution in [0.2, 0.25) is 0 Å². The number of nitrogens with zero attached hydrogens (tertiary/aromatic N) is 1. The number of anilines is 1. The summed E-state index contributed by atoms with van der Waals surface area (Å²) in [5, 5.41) is 0. The molecule has 21 heavy (non-hydrogen) atoms. The summed E-state index contributed by atoms with van der Waals surface area (Å²) in [5.74, 6) is 0. The first kappa shape index (κ1) is 16.0. The minimum Gasteiger partial charge on any atom is -0.266 e. The molecule has 0 aliphatic rings. The highest BCUT2D eigenvalue weighted by Crippen LogP contribution is 2.28. The van der Waals surface area contributed by atoms with Crippen molar-refractivity contribution in [3.05, 3.63) is 58.1 Å². The number of hydrogen-bond acceptors (Lipinski definition) is 2. The van der Waals surface area contributed by atoms with E-state index in [1.165, 1.54) is 4.31 Å². The Bertz CT molecular complexity index is 757. The highest BCUT2D eigenvalue weighted by Gasteiger charge is 2.24. The van der Waals surface area contributed by atoms with Gasteiger partial charge in [-0.15, -0.1) is 0 Å². The maximum atomic E-state index is 12.9. The Morgan fingerprint density at radius 1 is 1.05 bits per heavy atom. The first-order chi connectivity index (χ1) is 9.87. The third-order valence-corrected chi connectivity index (χ3v) is 6.16. The van der Waals surface area contributed by atoms with Crippen molar-refractivity contribution in [1.82, 2.24) is 0 Å². The molecule has 0 heterocycles. The van der Waals surface area contributed by atoms with Crippen LogP contribution in [-0.2, 0) is 10.0 Å². The molecule has 2 aromatic carbocycles. The zero-order valence-electron chi connectivity index (χ0n) is 12.3. The minimum absolute atomic E-state index is 0.313. The monoisotopic (exact) mass is 367 g/mol. The van der Waals surface area contributed by atoms with Gasteiger partial charge in [-0.05, 0) is 56.2 Å². The maximum absolute atomic E-state index is 12.9. The summed E-state index contributed by atoms with van der Waals surface area (Å²) in [4.78, 5) is 0.313. The van der Waals surface area contributed by atoms with Crippen LogP contribution in [0.3, 0.4) is 0 Å². The molecule has 2 rings (SSSR count). The molecular weight excluding hydrogens is 350 g/mol. The van der Waals surface area contributed by atoms with E-state index in [-0.39, 0.29) is 0 Å². The number of aryl methyl sites for hydroxylation is 2. The van der Waals surface area contributed by atoms with E-state index in [0.717, 1.165) is 21.3 Å². The molecule has 0 aromatic heterocycles. The number of para-hydroxylation sites is 1. The number of benzene rings is 2. The number of sulfonamides is 1. The van der Waals surface area contributed by atoms with E-state index >= 15 is 0 Å². The molecule has 0 bridgehead atoms. The predicted molar refractivity (Wildman–Crippen MR) is 90.3 cm³/mol. The van der Waals surface area contributed by atoms with Crippen molar-refractivity contribution < 1.29 is 8.42 Å². The molecule has 0 amide bonds. The summed E-state index contributed by atoms with van der Waals surface area (Å²) in [6.45, 7) is 6.03. The Balaban J connectivity index is 2.55. The van der Waals surface area contributed by atoms with Gasteiger partial charge >= 0.3 is 0 Å². The summed E-state index contributed by atoms with van der Waals surface area (Å²) < 4.78 is 28.1. The van der Waals surface area contributed by atoms with E-state index in [0.29, 0.717) is 11.4 Å². The third-order valence-electron chi connectivity index (χ3n) is 3.39. The Hall–Kier alpha value is -1.33. The van der Waals surface area contributed by atoms with E-state index in [9.17, 15) is 8.42 Å². The average Bonchev–Trinajstić information content (AvgIpc) is 2.44. The lowest BCUT2D eigenvalue weighted by Gasteiger charge is -2.24. The second-order valence-electron chi connectivity index (χ2n) is 4.87. The van der Waals surface area contributed by atoms with Crippen LogP contribution in [0.5, 0.6) is 0 Å². The van der Waals surface area contributed by atoms with E-state index in [4.69, 9.17) is 0 Å². The standard InChI is InChI=1S/C16H18BrNO2S/c1-4-18(16-8-6-5-7-12(16)2)21(19,20)14-9-10-15(17)13(3)11-14/h5-11H,4H2,1-3H3. The van der Waals surface area contributed by atoms with Crippen LogP contribution in [0.15, 0.2) is 51.8 Å². The highest BCUT2D eigenvalue weighted by molar-refractivity contribution is 9.10. The Kier molecular flexibility index (Phi) is 4.74. The molecule has 112 valence electrons. The minimum atomic E-state index is -3.55. The summed E-state index contributed by atoms with van der Waals surface area (Å²) in [6.07, 6.45) is 0. The first-order valence-corrected chi connectivity index (χ1v) is 8.95. The van der Waals surface area contributed by atoms with Crippen LogP contribution in [0, 0.1) is 13.8 Å². The number of hydrogen-bond donors (Lipinski definition) is 0. The summed E-state index contributed by atoms with van der Waals surface area (Å²) in [7, 11) is -3.55. The van der Waals surface area contributed by atoms with Gasteiger partial charge in [-0.25, -0.2) is 8.42 Å². The second-order valence-corrected chi connectivity index (χ2v) is 7.58. The quantitative estimate of drug-likeness (QED) is 0.808. The Labute approximate surface area is 134 Å². The van der Waals surface area contributed by atoms with Gasteiger partial charge in [0.2, 0.25) is 0 Å². The first-order valence-electron chi connectivity index (χ1n) is 6.72. The van der Waals surface area contributed by atoms with Crippen LogP contribution in [0.25, 0.3) is 0 Å². The lowest BCUT2D eigenvalue weighted by atomic mass is 10.2. The van der Waals surface area contributed by atoms with E-state index in [2.05, 4.69) is 15.9 Å². The molecular formula is C16H18BrNO2S. The van der Waals surface area contributed by atoms with Gasteiger partial charge in [-0.1, -0.05) is 34.1 Å². The van der Waals surface area contributed by atoms with Gasteiger partial charge in [0.1, 0.15) is 0 Å². The predicted octanol–water partition coefficient (Wildman–Crippen LogP) is 4.28. The molecule has 0 aliphatic carbocycles. The van der Waals surface area contributed by atoms with Crippen molar-refractivity contribution in [2.24, 2.45) is 0 Å². The molecule has 0 saturated heterocycles. The van der Waals surface area contributed by atoms with Crippen LogP contribution in [0.4, 0.5) is 5.69 Å². The van der Waals surface area contributed by atoms with Crippen molar-refractivity contribution in [2.75, 3.05) is 10.8 Å². The molecule has 2 aromatic rings. The Morgan fingerprint density at radius 3 is 2.29 bits per heavy atom. The van der Waals surface area contributed by atoms with Gasteiger partial charge in [0, 0.05) is 11.0 Å². The lowest BCUT2D eigenvalue weighted by molar-refractivity contribution is 0.591. The molecule has 0 radical (unpaired) electrons. The van der Waals surface area contributed by atoms with Crippen molar-refractivity contribution >= 4 is 31.6 Å². The molecule has 3 nitrogen and oxygen atoms in total. The summed E-state index contributed by atoms with van der Waals surface area (Å²) in [5.41, 5.74) is 2.56. The fourth-order valence-corrected chi connectivity index (χ4v) is 4.09. The molecule has 0 N–H and O–H groups in total. The van der Waals surface area contributed by atoms with Crippen molar-refractivity contribution in [2.45, 2.75) is 25.7 Å². The topological polar surface area (TPSA) is 37.4 Å². The van der Waals surface area contributed by atoms with Crippen LogP contribution < -0.4 is 4.31 Å². The molecule has 0 fully saturated rings. The molecule has 0 spiro atoms. The van der Waals surface area contributed by atoms with E-state index in [1.54, 1.807) is 18.2 Å². The third kappa shape index (κ3) is 3.14. The smallest absolute Gasteiger partial charge is 0.264 e. The van der Waals surface area contributed by atoms with Gasteiger partial charge in [0.05, 0.1) is 10.6 Å². The summed E-state index contributed by atoms with van der Waals surface area (Å²) >= 11 is 3.40. The number of rotatable bonds is 4. The van der Waals surface area contributed by atoms with Crippen molar-refractivity contribution in [3.8, 4) is 0 Å². The molecule has 5 heteroatoms. The fourth-order valence-electron chi connectivity index (χ4n) is 2.22. The van der Waals surface area contributed by atoms with Crippen LogP contribution >= 0.6 is 15.9 Å². The van der Waals surface area contributed by atoms with Gasteiger partial charge < -0.3 is 0 Å². The fraction of sp³-hybridized carbons (Fsp3) is 0.250. The van der Waals surface area contributed by atoms with Gasteiger partial charge in [0.25, 0.3) is 10.0 Å². The highest BCUT2D eigenvalue weighted by atomic mass is 79.9.